The first-order valence-corrected chi connectivity index (χ1v) is 8.21. The second-order valence-electron chi connectivity index (χ2n) is 5.86. The third-order valence-electron chi connectivity index (χ3n) is 4.13. The van der Waals surface area contributed by atoms with Crippen LogP contribution < -0.4 is 0 Å². The first-order valence-electron chi connectivity index (χ1n) is 8.21. The van der Waals surface area contributed by atoms with E-state index in [4.69, 9.17) is 4.74 Å². The number of carbonyl (C=O) groups is 3. The lowest BCUT2D eigenvalue weighted by Crippen LogP contribution is -2.42. The molecule has 140 valence electrons. The van der Waals surface area contributed by atoms with E-state index in [2.05, 4.69) is 4.74 Å². The number of nitrogens with zero attached hydrogens (tertiary/aromatic N) is 2. The highest BCUT2D eigenvalue weighted by atomic mass is 16.6. The van der Waals surface area contributed by atoms with E-state index >= 15 is 0 Å². The van der Waals surface area contributed by atoms with Gasteiger partial charge >= 0.3 is 11.9 Å². The molecular formula is C17H20N2O7. The predicted molar refractivity (Wildman–Crippen MR) is 89.7 cm³/mol. The van der Waals surface area contributed by atoms with E-state index in [1.165, 1.54) is 11.0 Å². The molecule has 0 aromatic heterocycles. The number of non-ortho nitro benzene ring substituents is 1. The molecule has 1 fully saturated rings. The number of likely N-dealkylation sites (tertiary alicyclic amines) is 1. The molecule has 0 radical (unpaired) electrons. The van der Waals surface area contributed by atoms with Crippen molar-refractivity contribution in [2.75, 3.05) is 26.8 Å². The van der Waals surface area contributed by atoms with Gasteiger partial charge in [0.05, 0.1) is 30.1 Å². The average Bonchev–Trinajstić information content (AvgIpc) is 2.66. The molecular weight excluding hydrogens is 344 g/mol. The van der Waals surface area contributed by atoms with Gasteiger partial charge in [0.25, 0.3) is 11.6 Å². The SMILES string of the molecule is CCOC(=O)[C@H]1CCCN(C(=O)c2cc(C(=O)OC)cc([N+](=O)[O-])c2)C1. The quantitative estimate of drug-likeness (QED) is 0.444. The third-order valence-corrected chi connectivity index (χ3v) is 4.13. The minimum atomic E-state index is -0.772. The van der Waals surface area contributed by atoms with Crippen LogP contribution in [-0.2, 0) is 14.3 Å². The van der Waals surface area contributed by atoms with Crippen molar-refractivity contribution < 1.29 is 28.8 Å². The number of nitro benzene ring substituents is 1. The van der Waals surface area contributed by atoms with Crippen LogP contribution in [0.3, 0.4) is 0 Å². The summed E-state index contributed by atoms with van der Waals surface area (Å²) in [6.45, 7) is 2.57. The van der Waals surface area contributed by atoms with Gasteiger partial charge in [0.15, 0.2) is 0 Å². The number of carbonyl (C=O) groups excluding carboxylic acids is 3. The van der Waals surface area contributed by atoms with Crippen molar-refractivity contribution in [3.05, 3.63) is 39.4 Å². The van der Waals surface area contributed by atoms with Gasteiger partial charge in [-0.2, -0.15) is 0 Å². The number of esters is 2. The van der Waals surface area contributed by atoms with Gasteiger partial charge in [0, 0.05) is 30.8 Å². The van der Waals surface area contributed by atoms with E-state index in [9.17, 15) is 24.5 Å². The van der Waals surface area contributed by atoms with E-state index in [0.717, 1.165) is 19.2 Å². The van der Waals surface area contributed by atoms with Gasteiger partial charge in [0.1, 0.15) is 0 Å². The number of piperidine rings is 1. The lowest BCUT2D eigenvalue weighted by molar-refractivity contribution is -0.384. The zero-order chi connectivity index (χ0) is 19.3. The van der Waals surface area contributed by atoms with E-state index in [1.54, 1.807) is 6.92 Å². The molecule has 1 saturated heterocycles. The second-order valence-corrected chi connectivity index (χ2v) is 5.86. The fourth-order valence-corrected chi connectivity index (χ4v) is 2.87. The molecule has 2 rings (SSSR count). The van der Waals surface area contributed by atoms with Crippen LogP contribution in [0.15, 0.2) is 18.2 Å². The smallest absolute Gasteiger partial charge is 0.338 e. The fraction of sp³-hybridized carbons (Fsp3) is 0.471. The summed E-state index contributed by atoms with van der Waals surface area (Å²) in [4.78, 5) is 48.3. The Morgan fingerprint density at radius 3 is 2.58 bits per heavy atom. The number of hydrogen-bond donors (Lipinski definition) is 0. The molecule has 0 bridgehead atoms. The Kier molecular flexibility index (Phi) is 6.26. The predicted octanol–water partition coefficient (Wildman–Crippen LogP) is 1.80. The van der Waals surface area contributed by atoms with Crippen LogP contribution in [-0.4, -0.2) is 54.5 Å². The standard InChI is InChI=1S/C17H20N2O7/c1-3-26-17(22)11-5-4-6-18(10-11)15(20)12-7-13(16(21)25-2)9-14(8-12)19(23)24/h7-9,11H,3-6,10H2,1-2H3/t11-/m0/s1. The minimum Gasteiger partial charge on any atom is -0.466 e. The summed E-state index contributed by atoms with van der Waals surface area (Å²) in [6.07, 6.45) is 1.24. The minimum absolute atomic E-state index is 0.00380. The molecule has 1 amide bonds. The Morgan fingerprint density at radius 2 is 1.96 bits per heavy atom. The van der Waals surface area contributed by atoms with Gasteiger partial charge < -0.3 is 14.4 Å². The maximum absolute atomic E-state index is 12.8. The van der Waals surface area contributed by atoms with Gasteiger partial charge in [-0.1, -0.05) is 0 Å². The maximum Gasteiger partial charge on any atom is 0.338 e. The van der Waals surface area contributed by atoms with Crippen molar-refractivity contribution in [3.63, 3.8) is 0 Å². The Bertz CT molecular complexity index is 732. The highest BCUT2D eigenvalue weighted by Crippen LogP contribution is 2.23. The molecule has 1 atom stereocenters. The van der Waals surface area contributed by atoms with Crippen LogP contribution in [0.5, 0.6) is 0 Å². The lowest BCUT2D eigenvalue weighted by Gasteiger charge is -2.31. The van der Waals surface area contributed by atoms with Crippen LogP contribution in [0.2, 0.25) is 0 Å². The number of benzene rings is 1. The van der Waals surface area contributed by atoms with Crippen LogP contribution in [0.4, 0.5) is 5.69 Å². The van der Waals surface area contributed by atoms with Crippen molar-refractivity contribution in [2.24, 2.45) is 5.92 Å². The molecule has 0 saturated carbocycles. The van der Waals surface area contributed by atoms with Crippen LogP contribution in [0, 0.1) is 16.0 Å². The summed E-state index contributed by atoms with van der Waals surface area (Å²) in [5, 5.41) is 11.1. The normalized spacial score (nSPS) is 16.7. The summed E-state index contributed by atoms with van der Waals surface area (Å²) in [6, 6.07) is 3.43. The molecule has 0 aliphatic carbocycles. The monoisotopic (exact) mass is 364 g/mol. The molecule has 9 heteroatoms. The van der Waals surface area contributed by atoms with Gasteiger partial charge in [-0.15, -0.1) is 0 Å². The Balaban J connectivity index is 2.27. The van der Waals surface area contributed by atoms with Crippen molar-refractivity contribution in [1.29, 1.82) is 0 Å². The number of nitro groups is 1. The number of methoxy groups -OCH3 is 1. The summed E-state index contributed by atoms with van der Waals surface area (Å²) in [5.41, 5.74) is -0.455. The van der Waals surface area contributed by atoms with Crippen LogP contribution in [0.25, 0.3) is 0 Å². The number of hydrogen-bond acceptors (Lipinski definition) is 7. The zero-order valence-electron chi connectivity index (χ0n) is 14.6. The summed E-state index contributed by atoms with van der Waals surface area (Å²) in [7, 11) is 1.15. The Labute approximate surface area is 150 Å². The molecule has 1 aliphatic heterocycles. The topological polar surface area (TPSA) is 116 Å². The molecule has 1 aromatic rings. The molecule has 1 aromatic carbocycles. The summed E-state index contributed by atoms with van der Waals surface area (Å²) >= 11 is 0. The van der Waals surface area contributed by atoms with Crippen molar-refractivity contribution in [2.45, 2.75) is 19.8 Å². The average molecular weight is 364 g/mol. The highest BCUT2D eigenvalue weighted by Gasteiger charge is 2.30. The van der Waals surface area contributed by atoms with Gasteiger partial charge in [-0.25, -0.2) is 4.79 Å². The lowest BCUT2D eigenvalue weighted by atomic mass is 9.97. The summed E-state index contributed by atoms with van der Waals surface area (Å²) in [5.74, 6) is -2.04. The van der Waals surface area contributed by atoms with Crippen LogP contribution >= 0.6 is 0 Å². The molecule has 9 nitrogen and oxygen atoms in total. The van der Waals surface area contributed by atoms with Gasteiger partial charge in [-0.05, 0) is 25.8 Å². The zero-order valence-corrected chi connectivity index (χ0v) is 14.6. The molecule has 1 aliphatic rings. The first kappa shape index (κ1) is 19.4. The van der Waals surface area contributed by atoms with E-state index in [-0.39, 0.29) is 35.9 Å². The molecule has 0 unspecified atom stereocenters. The Hall–Kier alpha value is -2.97. The van der Waals surface area contributed by atoms with Crippen molar-refractivity contribution >= 4 is 23.5 Å². The fourth-order valence-electron chi connectivity index (χ4n) is 2.87. The van der Waals surface area contributed by atoms with Gasteiger partial charge in [0.2, 0.25) is 0 Å². The van der Waals surface area contributed by atoms with E-state index in [1.807, 2.05) is 0 Å². The molecule has 26 heavy (non-hydrogen) atoms. The number of rotatable bonds is 5. The molecule has 0 N–H and O–H groups in total. The molecule has 1 heterocycles. The van der Waals surface area contributed by atoms with E-state index < -0.39 is 22.7 Å². The van der Waals surface area contributed by atoms with Crippen LogP contribution in [0.1, 0.15) is 40.5 Å². The summed E-state index contributed by atoms with van der Waals surface area (Å²) < 4.78 is 9.58. The van der Waals surface area contributed by atoms with Crippen molar-refractivity contribution in [3.8, 4) is 0 Å². The second kappa shape index (κ2) is 8.41. The van der Waals surface area contributed by atoms with Crippen molar-refractivity contribution in [1.82, 2.24) is 4.90 Å². The number of ether oxygens (including phenoxy) is 2. The maximum atomic E-state index is 12.8. The largest absolute Gasteiger partial charge is 0.466 e. The highest BCUT2D eigenvalue weighted by molar-refractivity contribution is 5.99. The van der Waals surface area contributed by atoms with Gasteiger partial charge in [-0.3, -0.25) is 19.7 Å². The Morgan fingerprint density at radius 1 is 1.27 bits per heavy atom. The van der Waals surface area contributed by atoms with E-state index in [0.29, 0.717) is 19.4 Å². The number of amides is 1. The third kappa shape index (κ3) is 4.35. The molecule has 0 spiro atoms. The first-order chi connectivity index (χ1) is 12.4.